The van der Waals surface area contributed by atoms with Crippen molar-refractivity contribution in [2.24, 2.45) is 5.10 Å². The SMILES string of the molecule is CN(C)C=O.CN(C)C=O.COc1cccc(/C=N/NC(=O)c2ccccc2)c1[O-].O=[N+]([O-])[O-].O=[N+]([O-])[O-].[Dy+3]. The van der Waals surface area contributed by atoms with Gasteiger partial charge in [-0.25, -0.2) is 5.43 Å². The number of carbonyl (C=O) groups is 3. The van der Waals surface area contributed by atoms with E-state index in [0.717, 1.165) is 12.8 Å². The molecule has 1 N–H and O–H groups in total. The third-order valence-electron chi connectivity index (χ3n) is 3.06. The maximum Gasteiger partial charge on any atom is 3.00 e. The fourth-order valence-corrected chi connectivity index (χ4v) is 1.61. The summed E-state index contributed by atoms with van der Waals surface area (Å²) in [6.07, 6.45) is 2.80. The van der Waals surface area contributed by atoms with E-state index in [1.54, 1.807) is 70.7 Å². The molecule has 18 heteroatoms. The van der Waals surface area contributed by atoms with E-state index in [-0.39, 0.29) is 55.6 Å². The summed E-state index contributed by atoms with van der Waals surface area (Å²) < 4.78 is 4.92. The Morgan fingerprint density at radius 2 is 1.28 bits per heavy atom. The molecule has 0 aromatic heterocycles. The van der Waals surface area contributed by atoms with Crippen molar-refractivity contribution in [3.8, 4) is 11.5 Å². The number of carbonyl (C=O) groups excluding carboxylic acids is 3. The first-order valence-corrected chi connectivity index (χ1v) is 9.82. The molecule has 2 aromatic carbocycles. The molecule has 0 unspecified atom stereocenters. The predicted molar refractivity (Wildman–Crippen MR) is 134 cm³/mol. The van der Waals surface area contributed by atoms with Crippen molar-refractivity contribution in [2.75, 3.05) is 35.3 Å². The quantitative estimate of drug-likeness (QED) is 0.188. The minimum atomic E-state index is -1.75. The topological polar surface area (TPSA) is 247 Å². The Morgan fingerprint density at radius 3 is 1.64 bits per heavy atom. The predicted octanol–water partition coefficient (Wildman–Crippen LogP) is 0.463. The first-order chi connectivity index (χ1) is 17.7. The summed E-state index contributed by atoms with van der Waals surface area (Å²) in [5, 5.41) is 45.1. The number of nitrogens with zero attached hydrogens (tertiary/aromatic N) is 5. The first kappa shape index (κ1) is 41.9. The molecule has 0 aliphatic rings. The number of rotatable bonds is 6. The molecule has 0 heterocycles. The van der Waals surface area contributed by atoms with Crippen LogP contribution < -0.4 is 15.3 Å². The molecule has 0 fully saturated rings. The maximum atomic E-state index is 11.8. The van der Waals surface area contributed by atoms with Gasteiger partial charge < -0.3 is 50.3 Å². The van der Waals surface area contributed by atoms with Crippen molar-refractivity contribution in [3.05, 3.63) is 90.3 Å². The molecule has 0 bridgehead atoms. The van der Waals surface area contributed by atoms with Gasteiger partial charge in [0.2, 0.25) is 12.8 Å². The number of para-hydroxylation sites is 1. The zero-order valence-corrected chi connectivity index (χ0v) is 23.4. The average Bonchev–Trinajstić information content (AvgIpc) is 2.85. The van der Waals surface area contributed by atoms with Gasteiger partial charge in [-0.15, -0.1) is 0 Å². The third-order valence-corrected chi connectivity index (χ3v) is 3.06. The number of amides is 3. The van der Waals surface area contributed by atoms with E-state index < -0.39 is 10.2 Å². The van der Waals surface area contributed by atoms with Crippen molar-refractivity contribution in [1.29, 1.82) is 0 Å². The van der Waals surface area contributed by atoms with Crippen molar-refractivity contribution in [2.45, 2.75) is 0 Å². The van der Waals surface area contributed by atoms with Crippen LogP contribution in [0.4, 0.5) is 0 Å². The number of hydrogen-bond acceptors (Lipinski definition) is 12. The van der Waals surface area contributed by atoms with Gasteiger partial charge in [-0.05, 0) is 23.8 Å². The molecular formula is C21H27DyN6O11. The summed E-state index contributed by atoms with van der Waals surface area (Å²) in [5.74, 6) is -0.367. The number of nitrogens with one attached hydrogen (secondary N) is 1. The fourth-order valence-electron chi connectivity index (χ4n) is 1.61. The van der Waals surface area contributed by atoms with Gasteiger partial charge in [-0.1, -0.05) is 36.1 Å². The van der Waals surface area contributed by atoms with E-state index in [2.05, 4.69) is 10.5 Å². The van der Waals surface area contributed by atoms with Crippen LogP contribution in [-0.4, -0.2) is 80.2 Å². The Balaban J connectivity index is -0.000000265. The molecule has 2 rings (SSSR count). The Kier molecular flexibility index (Phi) is 28.8. The minimum Gasteiger partial charge on any atom is -0.870 e. The van der Waals surface area contributed by atoms with E-state index in [9.17, 15) is 19.5 Å². The van der Waals surface area contributed by atoms with Gasteiger partial charge in [0.1, 0.15) is 5.75 Å². The minimum absolute atomic E-state index is 0. The van der Waals surface area contributed by atoms with Gasteiger partial charge in [-0.2, -0.15) is 5.10 Å². The number of hydrogen-bond donors (Lipinski definition) is 1. The zero-order chi connectivity index (χ0) is 30.1. The molecule has 0 aliphatic heterocycles. The van der Waals surface area contributed by atoms with E-state index in [0.29, 0.717) is 11.1 Å². The summed E-state index contributed by atoms with van der Waals surface area (Å²) in [6, 6.07) is 13.5. The van der Waals surface area contributed by atoms with Gasteiger partial charge in [0.15, 0.2) is 0 Å². The molecule has 1 radical (unpaired) electrons. The fraction of sp³-hybridized carbons (Fsp3) is 0.238. The Bertz CT molecular complexity index is 977. The van der Waals surface area contributed by atoms with Crippen LogP contribution in [0.15, 0.2) is 53.6 Å². The van der Waals surface area contributed by atoms with E-state index in [1.807, 2.05) is 6.07 Å². The van der Waals surface area contributed by atoms with Crippen LogP contribution in [0.5, 0.6) is 11.5 Å². The number of ether oxygens (including phenoxy) is 1. The van der Waals surface area contributed by atoms with Crippen LogP contribution in [0.3, 0.4) is 0 Å². The second-order valence-corrected chi connectivity index (χ2v) is 6.53. The smallest absolute Gasteiger partial charge is 0.870 e. The summed E-state index contributed by atoms with van der Waals surface area (Å²) >= 11 is 0. The van der Waals surface area contributed by atoms with E-state index >= 15 is 0 Å². The van der Waals surface area contributed by atoms with Crippen molar-refractivity contribution in [3.63, 3.8) is 0 Å². The van der Waals surface area contributed by atoms with Crippen LogP contribution in [0.25, 0.3) is 0 Å². The van der Waals surface area contributed by atoms with Gasteiger partial charge in [0, 0.05) is 33.8 Å². The molecule has 0 aliphatic carbocycles. The Morgan fingerprint density at radius 1 is 0.872 bits per heavy atom. The molecule has 0 atom stereocenters. The summed E-state index contributed by atoms with van der Waals surface area (Å²) in [5.41, 5.74) is 3.21. The van der Waals surface area contributed by atoms with Gasteiger partial charge in [0.05, 0.1) is 23.5 Å². The summed E-state index contributed by atoms with van der Waals surface area (Å²) in [7, 11) is 8.18. The van der Waals surface area contributed by atoms with Crippen LogP contribution >= 0.6 is 0 Å². The van der Waals surface area contributed by atoms with E-state index in [1.165, 1.54) is 23.1 Å². The number of methoxy groups -OCH3 is 1. The molecule has 0 spiro atoms. The second kappa shape index (κ2) is 26.8. The average molecular weight is 702 g/mol. The number of hydrazone groups is 1. The van der Waals surface area contributed by atoms with Crippen molar-refractivity contribution >= 4 is 24.9 Å². The Labute approximate surface area is 253 Å². The van der Waals surface area contributed by atoms with Gasteiger partial charge in [0.25, 0.3) is 5.91 Å². The van der Waals surface area contributed by atoms with Crippen LogP contribution in [-0.2, 0) is 9.59 Å². The molecule has 2 aromatic rings. The van der Waals surface area contributed by atoms with Crippen LogP contribution in [0.2, 0.25) is 0 Å². The first-order valence-electron chi connectivity index (χ1n) is 9.82. The van der Waals surface area contributed by atoms with Gasteiger partial charge in [-0.3, -0.25) is 14.4 Å². The molecule has 17 nitrogen and oxygen atoms in total. The molecule has 0 saturated heterocycles. The standard InChI is InChI=1S/C15H14N2O3.2C3H7NO.Dy.2NO3/c1-20-13-9-5-8-12(14(13)18)10-16-17-15(19)11-6-3-2-4-7-11;2*1-4(2)3-5;;2*2-1(3)4/h2-10,18H,1H3,(H,17,19);2*3H,1-2H3;;;/q;;;+3;2*-1/p-1/b16-10+;;;;;. The van der Waals surface area contributed by atoms with Crippen molar-refractivity contribution < 1.29 is 72.6 Å². The van der Waals surface area contributed by atoms with Crippen LogP contribution in [0.1, 0.15) is 15.9 Å². The van der Waals surface area contributed by atoms with Gasteiger partial charge >= 0.3 is 38.2 Å². The monoisotopic (exact) mass is 703 g/mol. The zero-order valence-electron chi connectivity index (χ0n) is 21.4. The summed E-state index contributed by atoms with van der Waals surface area (Å²) in [6.45, 7) is 0. The molecule has 217 valence electrons. The Hall–Kier alpha value is -4.21. The molecule has 0 saturated carbocycles. The molecular weight excluding hydrogens is 675 g/mol. The van der Waals surface area contributed by atoms with E-state index in [4.69, 9.17) is 35.4 Å². The number of benzene rings is 2. The third kappa shape index (κ3) is 29.9. The molecule has 39 heavy (non-hydrogen) atoms. The maximum absolute atomic E-state index is 11.8. The van der Waals surface area contributed by atoms with Crippen molar-refractivity contribution in [1.82, 2.24) is 15.2 Å². The summed E-state index contributed by atoms with van der Waals surface area (Å²) in [4.78, 5) is 50.0. The second-order valence-electron chi connectivity index (χ2n) is 6.53. The van der Waals surface area contributed by atoms with Crippen LogP contribution in [0, 0.1) is 68.8 Å². The molecule has 3 amide bonds. The largest absolute Gasteiger partial charge is 3.00 e. The normalized spacial score (nSPS) is 8.33.